The zero-order valence-electron chi connectivity index (χ0n) is 16.4. The molecule has 0 radical (unpaired) electrons. The molecule has 2 fully saturated rings. The molecule has 2 saturated heterocycles. The smallest absolute Gasteiger partial charge is 0.253 e. The minimum atomic E-state index is -0.206. The number of anilines is 1. The summed E-state index contributed by atoms with van der Waals surface area (Å²) in [5, 5.41) is 4.48. The van der Waals surface area contributed by atoms with Gasteiger partial charge in [-0.3, -0.25) is 4.79 Å². The van der Waals surface area contributed by atoms with Crippen LogP contribution in [0.2, 0.25) is 0 Å². The van der Waals surface area contributed by atoms with Crippen LogP contribution >= 0.6 is 0 Å². The monoisotopic (exact) mass is 390 g/mol. The number of benzene rings is 1. The molecule has 2 aromatic heterocycles. The van der Waals surface area contributed by atoms with E-state index in [1.807, 2.05) is 53.6 Å². The highest BCUT2D eigenvalue weighted by Crippen LogP contribution is 2.38. The zero-order chi connectivity index (χ0) is 19.7. The van der Waals surface area contributed by atoms with E-state index in [1.54, 1.807) is 6.20 Å². The number of amides is 1. The van der Waals surface area contributed by atoms with Crippen LogP contribution in [0.25, 0.3) is 10.9 Å². The maximum absolute atomic E-state index is 13.1. The van der Waals surface area contributed by atoms with Gasteiger partial charge in [-0.2, -0.15) is 0 Å². The molecule has 29 heavy (non-hydrogen) atoms. The lowest BCUT2D eigenvalue weighted by Gasteiger charge is -2.40. The molecule has 1 amide bonds. The predicted octanol–water partition coefficient (Wildman–Crippen LogP) is 3.69. The van der Waals surface area contributed by atoms with Crippen molar-refractivity contribution < 1.29 is 9.53 Å². The number of aromatic nitrogens is 2. The second-order valence-electron chi connectivity index (χ2n) is 8.27. The summed E-state index contributed by atoms with van der Waals surface area (Å²) in [6, 6.07) is 13.8. The van der Waals surface area contributed by atoms with E-state index in [2.05, 4.69) is 15.3 Å². The first-order chi connectivity index (χ1) is 14.2. The first-order valence-electron chi connectivity index (χ1n) is 10.4. The van der Waals surface area contributed by atoms with Crippen LogP contribution in [-0.2, 0) is 4.74 Å². The normalized spacial score (nSPS) is 24.3. The average Bonchev–Trinajstić information content (AvgIpc) is 3.39. The molecular weight excluding hydrogens is 364 g/mol. The van der Waals surface area contributed by atoms with E-state index in [0.717, 1.165) is 61.2 Å². The van der Waals surface area contributed by atoms with E-state index in [-0.39, 0.29) is 11.5 Å². The lowest BCUT2D eigenvalue weighted by Crippen LogP contribution is -2.50. The van der Waals surface area contributed by atoms with Crippen LogP contribution in [-0.4, -0.2) is 52.6 Å². The molecule has 6 nitrogen and oxygen atoms in total. The van der Waals surface area contributed by atoms with Gasteiger partial charge in [0.15, 0.2) is 0 Å². The number of ether oxygens (including phenoxy) is 1. The third-order valence-corrected chi connectivity index (χ3v) is 6.15. The second kappa shape index (κ2) is 7.52. The molecule has 1 spiro atoms. The number of rotatable bonds is 4. The fraction of sp³-hybridized carbons (Fsp3) is 0.391. The summed E-state index contributed by atoms with van der Waals surface area (Å²) in [4.78, 5) is 22.6. The third kappa shape index (κ3) is 3.72. The highest BCUT2D eigenvalue weighted by molar-refractivity contribution is 5.98. The van der Waals surface area contributed by atoms with Crippen molar-refractivity contribution in [2.45, 2.75) is 24.9 Å². The van der Waals surface area contributed by atoms with Crippen molar-refractivity contribution in [3.05, 3.63) is 60.4 Å². The number of aromatic amines is 1. The van der Waals surface area contributed by atoms with E-state index in [1.165, 1.54) is 0 Å². The number of H-pyrrole nitrogens is 1. The molecule has 0 unspecified atom stereocenters. The van der Waals surface area contributed by atoms with Crippen molar-refractivity contribution in [2.24, 2.45) is 5.92 Å². The van der Waals surface area contributed by atoms with Crippen LogP contribution in [0.4, 0.5) is 5.82 Å². The summed E-state index contributed by atoms with van der Waals surface area (Å²) < 4.78 is 6.30. The number of hydrogen-bond donors (Lipinski definition) is 2. The van der Waals surface area contributed by atoms with Crippen molar-refractivity contribution in [1.29, 1.82) is 0 Å². The zero-order valence-corrected chi connectivity index (χ0v) is 16.4. The molecule has 3 aromatic rings. The van der Waals surface area contributed by atoms with E-state index in [9.17, 15) is 4.79 Å². The van der Waals surface area contributed by atoms with Gasteiger partial charge < -0.3 is 19.9 Å². The predicted molar refractivity (Wildman–Crippen MR) is 113 cm³/mol. The number of nitrogens with one attached hydrogen (secondary N) is 2. The Morgan fingerprint density at radius 3 is 3.17 bits per heavy atom. The van der Waals surface area contributed by atoms with Crippen LogP contribution < -0.4 is 5.32 Å². The molecule has 1 aromatic carbocycles. The SMILES string of the molecule is O=C(c1ccc2[nH]ccc2c1)N1CCC[C@@]2(C[C@H](CNc3ccccn3)CO2)C1. The topological polar surface area (TPSA) is 70.2 Å². The number of pyridine rings is 1. The Morgan fingerprint density at radius 2 is 2.28 bits per heavy atom. The molecule has 5 rings (SSSR count). The third-order valence-electron chi connectivity index (χ3n) is 6.15. The maximum atomic E-state index is 13.1. The van der Waals surface area contributed by atoms with Crippen molar-refractivity contribution in [1.82, 2.24) is 14.9 Å². The Balaban J connectivity index is 1.23. The molecule has 0 saturated carbocycles. The van der Waals surface area contributed by atoms with Crippen LogP contribution in [0.3, 0.4) is 0 Å². The molecule has 6 heteroatoms. The van der Waals surface area contributed by atoms with Gasteiger partial charge in [-0.1, -0.05) is 6.07 Å². The minimum Gasteiger partial charge on any atom is -0.373 e. The lowest BCUT2D eigenvalue weighted by molar-refractivity contribution is -0.0449. The van der Waals surface area contributed by atoms with Crippen molar-refractivity contribution >= 4 is 22.6 Å². The first-order valence-corrected chi connectivity index (χ1v) is 10.4. The van der Waals surface area contributed by atoms with Gasteiger partial charge in [-0.15, -0.1) is 0 Å². The quantitative estimate of drug-likeness (QED) is 0.713. The number of hydrogen-bond acceptors (Lipinski definition) is 4. The van der Waals surface area contributed by atoms with Crippen LogP contribution in [0.1, 0.15) is 29.6 Å². The van der Waals surface area contributed by atoms with Gasteiger partial charge in [0.1, 0.15) is 5.82 Å². The van der Waals surface area contributed by atoms with Gasteiger partial charge in [0.2, 0.25) is 0 Å². The van der Waals surface area contributed by atoms with Gasteiger partial charge in [0, 0.05) is 54.4 Å². The van der Waals surface area contributed by atoms with E-state index < -0.39 is 0 Å². The molecule has 2 aliphatic rings. The summed E-state index contributed by atoms with van der Waals surface area (Å²) >= 11 is 0. The summed E-state index contributed by atoms with van der Waals surface area (Å²) in [5.41, 5.74) is 1.60. The van der Waals surface area contributed by atoms with E-state index in [4.69, 9.17) is 4.74 Å². The summed E-state index contributed by atoms with van der Waals surface area (Å²) in [6.45, 7) is 3.05. The van der Waals surface area contributed by atoms with Crippen molar-refractivity contribution in [3.63, 3.8) is 0 Å². The number of fused-ring (bicyclic) bond motifs is 1. The number of piperidine rings is 1. The van der Waals surface area contributed by atoms with E-state index >= 15 is 0 Å². The summed E-state index contributed by atoms with van der Waals surface area (Å²) in [6.07, 6.45) is 6.68. The molecule has 2 N–H and O–H groups in total. The van der Waals surface area contributed by atoms with Gasteiger partial charge in [-0.05, 0) is 55.7 Å². The minimum absolute atomic E-state index is 0.103. The van der Waals surface area contributed by atoms with Gasteiger partial charge in [-0.25, -0.2) is 4.98 Å². The number of likely N-dealkylation sites (tertiary alicyclic amines) is 1. The maximum Gasteiger partial charge on any atom is 0.253 e. The van der Waals surface area contributed by atoms with Gasteiger partial charge in [0.25, 0.3) is 5.91 Å². The Kier molecular flexibility index (Phi) is 4.72. The van der Waals surface area contributed by atoms with Gasteiger partial charge in [0.05, 0.1) is 12.2 Å². The number of nitrogens with zero attached hydrogens (tertiary/aromatic N) is 2. The molecular formula is C23H26N4O2. The molecule has 4 heterocycles. The van der Waals surface area contributed by atoms with Crippen LogP contribution in [0, 0.1) is 5.92 Å². The van der Waals surface area contributed by atoms with Crippen LogP contribution in [0.15, 0.2) is 54.9 Å². The highest BCUT2D eigenvalue weighted by Gasteiger charge is 2.44. The number of carbonyl (C=O) groups is 1. The molecule has 2 atom stereocenters. The summed E-state index contributed by atoms with van der Waals surface area (Å²) in [7, 11) is 0. The Bertz CT molecular complexity index is 1000. The summed E-state index contributed by atoms with van der Waals surface area (Å²) in [5.74, 6) is 1.43. The first kappa shape index (κ1) is 18.2. The molecule has 0 aliphatic carbocycles. The number of carbonyl (C=O) groups excluding carboxylic acids is 1. The van der Waals surface area contributed by atoms with Gasteiger partial charge >= 0.3 is 0 Å². The van der Waals surface area contributed by atoms with E-state index in [0.29, 0.717) is 12.5 Å². The second-order valence-corrected chi connectivity index (χ2v) is 8.27. The van der Waals surface area contributed by atoms with Crippen molar-refractivity contribution in [3.8, 4) is 0 Å². The Labute approximate surface area is 170 Å². The largest absolute Gasteiger partial charge is 0.373 e. The Morgan fingerprint density at radius 1 is 1.31 bits per heavy atom. The molecule has 0 bridgehead atoms. The van der Waals surface area contributed by atoms with Crippen molar-refractivity contribution in [2.75, 3.05) is 31.6 Å². The highest BCUT2D eigenvalue weighted by atomic mass is 16.5. The fourth-order valence-electron chi connectivity index (χ4n) is 4.71. The standard InChI is InChI=1S/C23H26N4O2/c28-22(19-5-6-20-18(12-19)7-10-24-20)27-11-3-8-23(16-27)13-17(15-29-23)14-26-21-4-1-2-9-25-21/h1-2,4-7,9-10,12,17,24H,3,8,11,13-16H2,(H,25,26)/t17-,23-/m1/s1. The fourth-order valence-corrected chi connectivity index (χ4v) is 4.71. The average molecular weight is 390 g/mol. The Hall–Kier alpha value is -2.86. The van der Waals surface area contributed by atoms with Crippen LogP contribution in [0.5, 0.6) is 0 Å². The lowest BCUT2D eigenvalue weighted by atomic mass is 9.86. The molecule has 2 aliphatic heterocycles. The molecule has 150 valence electrons.